The van der Waals surface area contributed by atoms with Gasteiger partial charge in [-0.15, -0.1) is 0 Å². The molecule has 2 heterocycles. The molecule has 6 nitrogen and oxygen atoms in total. The van der Waals surface area contributed by atoms with Crippen LogP contribution in [-0.4, -0.2) is 55.2 Å². The van der Waals surface area contributed by atoms with Crippen LogP contribution in [0.4, 0.5) is 0 Å². The first kappa shape index (κ1) is 20.2. The molecule has 6 heteroatoms. The molecule has 4 atom stereocenters. The molecule has 0 aromatic heterocycles. The van der Waals surface area contributed by atoms with E-state index in [0.717, 1.165) is 31.0 Å². The maximum Gasteiger partial charge on any atom is 0.315 e. The fraction of sp³-hybridized carbons (Fsp3) is 0.609. The number of esters is 1. The number of nitrogens with zero attached hydrogens (tertiary/aromatic N) is 1. The summed E-state index contributed by atoms with van der Waals surface area (Å²) in [6, 6.07) is 4.06. The lowest BCUT2D eigenvalue weighted by Gasteiger charge is -2.37. The fourth-order valence-corrected chi connectivity index (χ4v) is 4.82. The second kappa shape index (κ2) is 6.74. The van der Waals surface area contributed by atoms with Gasteiger partial charge in [0.25, 0.3) is 0 Å². The fourth-order valence-electron chi connectivity index (χ4n) is 4.82. The molecule has 3 aliphatic rings. The van der Waals surface area contributed by atoms with Crippen molar-refractivity contribution in [3.05, 3.63) is 35.4 Å². The zero-order valence-corrected chi connectivity index (χ0v) is 18.0. The van der Waals surface area contributed by atoms with Crippen LogP contribution in [0.25, 0.3) is 0 Å². The van der Waals surface area contributed by atoms with Crippen LogP contribution < -0.4 is 9.47 Å². The smallest absolute Gasteiger partial charge is 0.315 e. The van der Waals surface area contributed by atoms with Crippen LogP contribution in [-0.2, 0) is 21.5 Å². The van der Waals surface area contributed by atoms with Gasteiger partial charge in [-0.1, -0.05) is 12.2 Å². The van der Waals surface area contributed by atoms with Crippen molar-refractivity contribution in [3.8, 4) is 11.5 Å². The lowest BCUT2D eigenvalue weighted by molar-refractivity contribution is -0.938. The van der Waals surface area contributed by atoms with Crippen LogP contribution in [0.1, 0.15) is 44.7 Å². The van der Waals surface area contributed by atoms with E-state index in [1.165, 1.54) is 11.1 Å². The predicted octanol–water partition coefficient (Wildman–Crippen LogP) is 2.91. The molecular weight excluding hydrogens is 370 g/mol. The second-order valence-electron chi connectivity index (χ2n) is 10.0. The van der Waals surface area contributed by atoms with Gasteiger partial charge in [-0.3, -0.25) is 9.28 Å². The van der Waals surface area contributed by atoms with Gasteiger partial charge in [-0.2, -0.15) is 0 Å². The van der Waals surface area contributed by atoms with Gasteiger partial charge in [-0.05, 0) is 32.9 Å². The summed E-state index contributed by atoms with van der Waals surface area (Å²) < 4.78 is 18.3. The molecule has 158 valence electrons. The lowest BCUT2D eigenvalue weighted by Crippen LogP contribution is -2.48. The monoisotopic (exact) mass is 402 g/mol. The highest BCUT2D eigenvalue weighted by Gasteiger charge is 2.54. The highest BCUT2D eigenvalue weighted by Crippen LogP contribution is 2.56. The Kier molecular flexibility index (Phi) is 4.70. The molecule has 4 rings (SSSR count). The van der Waals surface area contributed by atoms with Crippen LogP contribution in [0.2, 0.25) is 0 Å². The minimum atomic E-state index is -0.517. The molecule has 1 aliphatic carbocycles. The molecule has 29 heavy (non-hydrogen) atoms. The number of hydrogen-bond donors (Lipinski definition) is 1. The van der Waals surface area contributed by atoms with Crippen molar-refractivity contribution in [3.63, 3.8) is 0 Å². The number of quaternary nitrogens is 1. The molecule has 0 bridgehead atoms. The molecule has 1 N–H and O–H groups in total. The first-order chi connectivity index (χ1) is 13.6. The molecule has 0 saturated heterocycles. The van der Waals surface area contributed by atoms with Gasteiger partial charge >= 0.3 is 5.97 Å². The molecule has 0 saturated carbocycles. The average molecular weight is 403 g/mol. The van der Waals surface area contributed by atoms with Gasteiger partial charge in [0.15, 0.2) is 11.5 Å². The molecule has 1 aromatic carbocycles. The summed E-state index contributed by atoms with van der Waals surface area (Å²) in [7, 11) is 3.80. The number of carbonyl (C=O) groups is 1. The Balaban J connectivity index is 1.72. The van der Waals surface area contributed by atoms with E-state index in [1.807, 2.05) is 32.9 Å². The lowest BCUT2D eigenvalue weighted by atomic mass is 9.69. The van der Waals surface area contributed by atoms with E-state index in [4.69, 9.17) is 14.2 Å². The van der Waals surface area contributed by atoms with Gasteiger partial charge in [0.05, 0.1) is 37.6 Å². The number of aliphatic hydroxyl groups excluding tert-OH is 1. The summed E-state index contributed by atoms with van der Waals surface area (Å²) in [5.74, 6) is 1.35. The average Bonchev–Trinajstić information content (AvgIpc) is 2.92. The first-order valence-corrected chi connectivity index (χ1v) is 10.3. The number of benzene rings is 1. The third-order valence-electron chi connectivity index (χ3n) is 6.54. The molecule has 0 radical (unpaired) electrons. The summed E-state index contributed by atoms with van der Waals surface area (Å²) in [6.07, 6.45) is 4.85. The molecule has 1 spiro atoms. The van der Waals surface area contributed by atoms with Crippen LogP contribution in [0, 0.1) is 5.41 Å². The molecular formula is C23H32NO5+. The quantitative estimate of drug-likeness (QED) is 0.478. The van der Waals surface area contributed by atoms with Crippen molar-refractivity contribution in [2.24, 2.45) is 5.41 Å². The Hall–Kier alpha value is -2.05. The zero-order chi connectivity index (χ0) is 21.0. The van der Waals surface area contributed by atoms with Crippen molar-refractivity contribution in [2.45, 2.75) is 57.8 Å². The van der Waals surface area contributed by atoms with Gasteiger partial charge < -0.3 is 19.3 Å². The second-order valence-corrected chi connectivity index (χ2v) is 10.0. The van der Waals surface area contributed by atoms with E-state index in [1.54, 1.807) is 7.11 Å². The summed E-state index contributed by atoms with van der Waals surface area (Å²) >= 11 is 0. The van der Waals surface area contributed by atoms with Crippen molar-refractivity contribution in [1.82, 2.24) is 0 Å². The van der Waals surface area contributed by atoms with Crippen LogP contribution in [0.15, 0.2) is 24.3 Å². The number of methoxy groups -OCH3 is 1. The maximum absolute atomic E-state index is 12.3. The predicted molar refractivity (Wildman–Crippen MR) is 109 cm³/mol. The number of rotatable bonds is 3. The van der Waals surface area contributed by atoms with Gasteiger partial charge in [-0.25, -0.2) is 0 Å². The topological polar surface area (TPSA) is 65.0 Å². The Morgan fingerprint density at radius 1 is 1.38 bits per heavy atom. The standard InChI is InChI=1S/C23H32NO5/c1-22(2,3)21(26)28-14-24(4)11-10-23-9-8-16(25)12-18(23)29-20-17(27-5)7-6-15(13-24)19(20)23/h6-9,16,18,25H,10-14H2,1-5H3/q+1. The van der Waals surface area contributed by atoms with E-state index >= 15 is 0 Å². The Labute approximate surface area is 172 Å². The number of hydrogen-bond acceptors (Lipinski definition) is 5. The van der Waals surface area contributed by atoms with Crippen molar-refractivity contribution >= 4 is 5.97 Å². The van der Waals surface area contributed by atoms with E-state index < -0.39 is 11.5 Å². The number of carbonyl (C=O) groups excluding carboxylic acids is 1. The third kappa shape index (κ3) is 3.32. The van der Waals surface area contributed by atoms with Crippen LogP contribution in [0.5, 0.6) is 11.5 Å². The molecule has 0 amide bonds. The van der Waals surface area contributed by atoms with Crippen molar-refractivity contribution in [1.29, 1.82) is 0 Å². The third-order valence-corrected chi connectivity index (χ3v) is 6.54. The number of aliphatic hydroxyl groups is 1. The molecule has 0 fully saturated rings. The SMILES string of the molecule is COc1ccc2c3c1OC1CC(O)C=CC31CC[N+](C)(COC(=O)C(C)(C)C)C2. The van der Waals surface area contributed by atoms with Gasteiger partial charge in [0, 0.05) is 24.0 Å². The molecule has 4 unspecified atom stereocenters. The van der Waals surface area contributed by atoms with Gasteiger partial charge in [0.2, 0.25) is 6.73 Å². The van der Waals surface area contributed by atoms with E-state index in [9.17, 15) is 9.90 Å². The highest BCUT2D eigenvalue weighted by atomic mass is 16.5. The van der Waals surface area contributed by atoms with E-state index in [0.29, 0.717) is 17.6 Å². The Morgan fingerprint density at radius 3 is 2.83 bits per heavy atom. The van der Waals surface area contributed by atoms with E-state index in [2.05, 4.69) is 19.2 Å². The minimum absolute atomic E-state index is 0.115. The van der Waals surface area contributed by atoms with Crippen molar-refractivity contribution < 1.29 is 28.6 Å². The summed E-state index contributed by atoms with van der Waals surface area (Å²) in [4.78, 5) is 12.3. The van der Waals surface area contributed by atoms with Gasteiger partial charge in [0.1, 0.15) is 12.6 Å². The summed E-state index contributed by atoms with van der Waals surface area (Å²) in [6.45, 7) is 7.55. The first-order valence-electron chi connectivity index (χ1n) is 10.3. The highest BCUT2D eigenvalue weighted by molar-refractivity contribution is 5.75. The Bertz CT molecular complexity index is 858. The van der Waals surface area contributed by atoms with E-state index in [-0.39, 0.29) is 17.5 Å². The molecule has 2 aliphatic heterocycles. The largest absolute Gasteiger partial charge is 0.493 e. The van der Waals surface area contributed by atoms with Crippen LogP contribution in [0.3, 0.4) is 0 Å². The van der Waals surface area contributed by atoms with Crippen LogP contribution >= 0.6 is 0 Å². The molecule has 1 aromatic rings. The summed E-state index contributed by atoms with van der Waals surface area (Å²) in [5.41, 5.74) is 1.57. The number of ether oxygens (including phenoxy) is 3. The Morgan fingerprint density at radius 2 is 2.14 bits per heavy atom. The zero-order valence-electron chi connectivity index (χ0n) is 18.0. The minimum Gasteiger partial charge on any atom is -0.493 e. The maximum atomic E-state index is 12.3. The normalized spacial score (nSPS) is 32.6. The summed E-state index contributed by atoms with van der Waals surface area (Å²) in [5, 5.41) is 10.2. The van der Waals surface area contributed by atoms with Crippen molar-refractivity contribution in [2.75, 3.05) is 27.4 Å².